The van der Waals surface area contributed by atoms with Crippen molar-refractivity contribution >= 4 is 11.6 Å². The highest BCUT2D eigenvalue weighted by atomic mass is 19.1. The van der Waals surface area contributed by atoms with Crippen LogP contribution in [0.15, 0.2) is 66.7 Å². The van der Waals surface area contributed by atoms with Gasteiger partial charge < -0.3 is 10.0 Å². The number of phenols is 1. The van der Waals surface area contributed by atoms with E-state index in [1.54, 1.807) is 23.1 Å². The van der Waals surface area contributed by atoms with Crippen LogP contribution in [0.1, 0.15) is 28.9 Å². The number of fused-ring (bicyclic) bond motifs is 3. The molecule has 1 amide bonds. The molecule has 3 aromatic rings. The summed E-state index contributed by atoms with van der Waals surface area (Å²) in [6.45, 7) is 1.92. The van der Waals surface area contributed by atoms with Crippen LogP contribution >= 0.6 is 0 Å². The molecule has 1 aliphatic rings. The summed E-state index contributed by atoms with van der Waals surface area (Å²) in [5, 5.41) is 9.69. The van der Waals surface area contributed by atoms with Crippen LogP contribution in [0, 0.1) is 5.82 Å². The fourth-order valence-corrected chi connectivity index (χ4v) is 3.45. The number of amides is 1. The largest absolute Gasteiger partial charge is 0.508 e. The fraction of sp³-hybridized carbons (Fsp3) is 0.0952. The molecule has 4 rings (SSSR count). The quantitative estimate of drug-likeness (QED) is 0.687. The lowest BCUT2D eigenvalue weighted by Crippen LogP contribution is -2.36. The van der Waals surface area contributed by atoms with Gasteiger partial charge in [0, 0.05) is 11.1 Å². The number of anilines is 1. The van der Waals surface area contributed by atoms with Crippen LogP contribution in [0.25, 0.3) is 11.1 Å². The smallest absolute Gasteiger partial charge is 0.258 e. The Morgan fingerprint density at radius 1 is 1.00 bits per heavy atom. The number of rotatable bonds is 1. The lowest BCUT2D eigenvalue weighted by atomic mass is 9.88. The van der Waals surface area contributed by atoms with Gasteiger partial charge in [0.2, 0.25) is 0 Å². The minimum Gasteiger partial charge on any atom is -0.508 e. The van der Waals surface area contributed by atoms with Gasteiger partial charge in [-0.3, -0.25) is 4.79 Å². The molecule has 0 aromatic heterocycles. The van der Waals surface area contributed by atoms with Crippen LogP contribution in [0.2, 0.25) is 0 Å². The average Bonchev–Trinajstić information content (AvgIpc) is 2.61. The third-order valence-corrected chi connectivity index (χ3v) is 4.62. The summed E-state index contributed by atoms with van der Waals surface area (Å²) in [5.74, 6) is -0.640. The molecule has 1 aliphatic heterocycles. The summed E-state index contributed by atoms with van der Waals surface area (Å²) < 4.78 is 13.9. The highest BCUT2D eigenvalue weighted by Crippen LogP contribution is 2.45. The van der Waals surface area contributed by atoms with Gasteiger partial charge in [-0.05, 0) is 54.4 Å². The second-order valence-electron chi connectivity index (χ2n) is 6.15. The van der Waals surface area contributed by atoms with Crippen molar-refractivity contribution in [3.8, 4) is 16.9 Å². The minimum absolute atomic E-state index is 0.0235. The lowest BCUT2D eigenvalue weighted by molar-refractivity contribution is 0.0977. The first-order valence-corrected chi connectivity index (χ1v) is 8.07. The van der Waals surface area contributed by atoms with E-state index < -0.39 is 0 Å². The molecule has 25 heavy (non-hydrogen) atoms. The molecular formula is C21H16FNO2. The standard InChI is InChI=1S/C21H16FNO2/c1-13-17-7-2-3-8-18(17)19-10-9-15(22)12-20(19)23(13)21(25)14-5-4-6-16(24)11-14/h2-13,24H,1H3/t13-/m0/s1. The van der Waals surface area contributed by atoms with Crippen LogP contribution in [-0.4, -0.2) is 11.0 Å². The van der Waals surface area contributed by atoms with Gasteiger partial charge in [-0.15, -0.1) is 0 Å². The van der Waals surface area contributed by atoms with Crippen LogP contribution in [-0.2, 0) is 0 Å². The molecule has 0 radical (unpaired) electrons. The molecule has 3 aromatic carbocycles. The molecule has 1 heterocycles. The van der Waals surface area contributed by atoms with Crippen LogP contribution < -0.4 is 4.90 Å². The summed E-state index contributed by atoms with van der Waals surface area (Å²) in [6, 6.07) is 18.3. The SMILES string of the molecule is C[C@H]1c2ccccc2-c2ccc(F)cc2N1C(=O)c1cccc(O)c1. The Bertz CT molecular complexity index is 983. The second kappa shape index (κ2) is 5.74. The Morgan fingerprint density at radius 2 is 1.80 bits per heavy atom. The fourth-order valence-electron chi connectivity index (χ4n) is 3.45. The van der Waals surface area contributed by atoms with Crippen LogP contribution in [0.4, 0.5) is 10.1 Å². The van der Waals surface area contributed by atoms with E-state index in [1.165, 1.54) is 24.3 Å². The predicted octanol–water partition coefficient (Wildman–Crippen LogP) is 4.92. The van der Waals surface area contributed by atoms with Gasteiger partial charge >= 0.3 is 0 Å². The van der Waals surface area contributed by atoms with E-state index in [-0.39, 0.29) is 23.5 Å². The Kier molecular flexibility index (Phi) is 3.53. The van der Waals surface area contributed by atoms with E-state index in [1.807, 2.05) is 31.2 Å². The highest BCUT2D eigenvalue weighted by molar-refractivity contribution is 6.10. The lowest BCUT2D eigenvalue weighted by Gasteiger charge is -2.37. The molecule has 0 saturated heterocycles. The number of hydrogen-bond acceptors (Lipinski definition) is 2. The molecule has 3 nitrogen and oxygen atoms in total. The molecule has 124 valence electrons. The Hall–Kier alpha value is -3.14. The molecule has 4 heteroatoms. The van der Waals surface area contributed by atoms with Crippen molar-refractivity contribution in [1.82, 2.24) is 0 Å². The molecule has 0 fully saturated rings. The third-order valence-electron chi connectivity index (χ3n) is 4.62. The molecular weight excluding hydrogens is 317 g/mol. The number of hydrogen-bond donors (Lipinski definition) is 1. The van der Waals surface area contributed by atoms with E-state index in [2.05, 4.69) is 0 Å². The highest BCUT2D eigenvalue weighted by Gasteiger charge is 2.33. The van der Waals surface area contributed by atoms with Gasteiger partial charge in [-0.25, -0.2) is 4.39 Å². The zero-order chi connectivity index (χ0) is 17.6. The zero-order valence-electron chi connectivity index (χ0n) is 13.6. The van der Waals surface area contributed by atoms with Crippen molar-refractivity contribution in [2.24, 2.45) is 0 Å². The van der Waals surface area contributed by atoms with E-state index >= 15 is 0 Å². The van der Waals surface area contributed by atoms with E-state index in [9.17, 15) is 14.3 Å². The zero-order valence-corrected chi connectivity index (χ0v) is 13.6. The number of carbonyl (C=O) groups is 1. The maximum absolute atomic E-state index is 13.9. The number of benzene rings is 3. The Balaban J connectivity index is 1.92. The van der Waals surface area contributed by atoms with Gasteiger partial charge in [-0.1, -0.05) is 30.3 Å². The first-order valence-electron chi connectivity index (χ1n) is 8.07. The second-order valence-corrected chi connectivity index (χ2v) is 6.15. The summed E-state index contributed by atoms with van der Waals surface area (Å²) >= 11 is 0. The summed E-state index contributed by atoms with van der Waals surface area (Å²) in [4.78, 5) is 14.7. The average molecular weight is 333 g/mol. The Labute approximate surface area is 145 Å². The molecule has 0 aliphatic carbocycles. The van der Waals surface area contributed by atoms with Gasteiger partial charge in [0.1, 0.15) is 11.6 Å². The molecule has 1 atom stereocenters. The van der Waals surface area contributed by atoms with Gasteiger partial charge in [0.15, 0.2) is 0 Å². The summed E-state index contributed by atoms with van der Waals surface area (Å²) in [7, 11) is 0. The minimum atomic E-state index is -0.390. The van der Waals surface area contributed by atoms with Crippen molar-refractivity contribution in [2.75, 3.05) is 4.90 Å². The number of carbonyl (C=O) groups excluding carboxylic acids is 1. The van der Waals surface area contributed by atoms with E-state index in [4.69, 9.17) is 0 Å². The van der Waals surface area contributed by atoms with Crippen molar-refractivity contribution in [2.45, 2.75) is 13.0 Å². The first-order chi connectivity index (χ1) is 12.1. The van der Waals surface area contributed by atoms with Crippen molar-refractivity contribution < 1.29 is 14.3 Å². The number of phenolic OH excluding ortho intramolecular Hbond substituents is 1. The third kappa shape index (κ3) is 2.47. The maximum atomic E-state index is 13.9. The molecule has 1 N–H and O–H groups in total. The molecule has 0 saturated carbocycles. The summed E-state index contributed by atoms with van der Waals surface area (Å²) in [6.07, 6.45) is 0. The van der Waals surface area contributed by atoms with E-state index in [0.29, 0.717) is 11.3 Å². The molecule has 0 unspecified atom stereocenters. The topological polar surface area (TPSA) is 40.5 Å². The van der Waals surface area contributed by atoms with E-state index in [0.717, 1.165) is 16.7 Å². The van der Waals surface area contributed by atoms with Crippen LogP contribution in [0.3, 0.4) is 0 Å². The van der Waals surface area contributed by atoms with Crippen molar-refractivity contribution in [3.05, 3.63) is 83.7 Å². The van der Waals surface area contributed by atoms with Gasteiger partial charge in [-0.2, -0.15) is 0 Å². The first kappa shape index (κ1) is 15.4. The van der Waals surface area contributed by atoms with Gasteiger partial charge in [0.25, 0.3) is 5.91 Å². The van der Waals surface area contributed by atoms with Crippen LogP contribution in [0.5, 0.6) is 5.75 Å². The number of aromatic hydroxyl groups is 1. The summed E-state index contributed by atoms with van der Waals surface area (Å²) in [5.41, 5.74) is 3.74. The monoisotopic (exact) mass is 333 g/mol. The molecule has 0 bridgehead atoms. The van der Waals surface area contributed by atoms with Crippen molar-refractivity contribution in [1.29, 1.82) is 0 Å². The van der Waals surface area contributed by atoms with Gasteiger partial charge in [0.05, 0.1) is 11.7 Å². The normalized spacial score (nSPS) is 15.4. The number of halogens is 1. The predicted molar refractivity (Wildman–Crippen MR) is 95.2 cm³/mol. The maximum Gasteiger partial charge on any atom is 0.258 e. The number of nitrogens with zero attached hydrogens (tertiary/aromatic N) is 1. The molecule has 0 spiro atoms. The van der Waals surface area contributed by atoms with Crippen molar-refractivity contribution in [3.63, 3.8) is 0 Å². The Morgan fingerprint density at radius 3 is 2.60 bits per heavy atom.